The highest BCUT2D eigenvalue weighted by Crippen LogP contribution is 2.44. The third-order valence-corrected chi connectivity index (χ3v) is 9.24. The van der Waals surface area contributed by atoms with Crippen molar-refractivity contribution in [3.8, 4) is 11.4 Å². The highest BCUT2D eigenvalue weighted by atomic mass is 35.5. The Morgan fingerprint density at radius 3 is 2.58 bits per heavy atom. The van der Waals surface area contributed by atoms with Gasteiger partial charge in [0.1, 0.15) is 5.82 Å². The number of nitrogens with zero attached hydrogens (tertiary/aromatic N) is 4. The number of carbonyl (C=O) groups excluding carboxylic acids is 1. The number of imidazole rings is 1. The number of rotatable bonds is 11. The van der Waals surface area contributed by atoms with Crippen LogP contribution in [0.2, 0.25) is 5.02 Å². The smallest absolute Gasteiger partial charge is 0.328 e. The number of aromatic nitrogens is 4. The van der Waals surface area contributed by atoms with Gasteiger partial charge in [-0.3, -0.25) is 9.78 Å². The van der Waals surface area contributed by atoms with Crippen LogP contribution in [0.3, 0.4) is 0 Å². The predicted molar refractivity (Wildman–Crippen MR) is 180 cm³/mol. The van der Waals surface area contributed by atoms with Crippen LogP contribution in [0, 0.1) is 0 Å². The Morgan fingerprint density at radius 1 is 1.00 bits per heavy atom. The van der Waals surface area contributed by atoms with Gasteiger partial charge in [-0.25, -0.2) is 9.78 Å². The van der Waals surface area contributed by atoms with Crippen molar-refractivity contribution in [3.63, 3.8) is 0 Å². The highest BCUT2D eigenvalue weighted by molar-refractivity contribution is 6.30. The number of halogens is 1. The number of carbonyl (C=O) groups is 2. The van der Waals surface area contributed by atoms with E-state index in [0.29, 0.717) is 23.0 Å². The standard InChI is InChI=1S/C36H38ClN5O3/c1-41-30-17-11-23(12-18-33(43)44)20-29(30)40-32(41)10-4-3-7-19-38-36(45)25-13-15-27-31(21-25)42(2)35(28-16-14-26(37)22-39-28)34(27)24-8-5-6-9-24/h11-18,20-22,24H,3-10,19H2,1-2H3,(H,38,45)(H,43,44)/b18-12+. The molecule has 0 aliphatic heterocycles. The molecule has 1 saturated carbocycles. The van der Waals surface area contributed by atoms with Gasteiger partial charge < -0.3 is 19.6 Å². The molecule has 9 heteroatoms. The molecule has 232 valence electrons. The number of hydrogen-bond donors (Lipinski definition) is 2. The van der Waals surface area contributed by atoms with Gasteiger partial charge in [0.05, 0.1) is 27.4 Å². The van der Waals surface area contributed by atoms with Crippen molar-refractivity contribution in [2.24, 2.45) is 14.1 Å². The van der Waals surface area contributed by atoms with Crippen LogP contribution in [-0.4, -0.2) is 42.6 Å². The molecule has 0 atom stereocenters. The van der Waals surface area contributed by atoms with Crippen LogP contribution in [0.1, 0.15) is 78.2 Å². The monoisotopic (exact) mass is 623 g/mol. The molecule has 0 saturated heterocycles. The minimum atomic E-state index is -0.972. The Labute approximate surface area is 267 Å². The lowest BCUT2D eigenvalue weighted by molar-refractivity contribution is -0.131. The van der Waals surface area contributed by atoms with Crippen LogP contribution >= 0.6 is 11.6 Å². The van der Waals surface area contributed by atoms with E-state index in [0.717, 1.165) is 71.1 Å². The summed E-state index contributed by atoms with van der Waals surface area (Å²) in [6, 6.07) is 15.7. The van der Waals surface area contributed by atoms with Crippen molar-refractivity contribution in [1.82, 2.24) is 24.4 Å². The van der Waals surface area contributed by atoms with Gasteiger partial charge in [0.2, 0.25) is 0 Å². The first-order chi connectivity index (χ1) is 21.8. The number of hydrogen-bond acceptors (Lipinski definition) is 4. The Hall–Kier alpha value is -4.43. The molecule has 6 rings (SSSR count). The molecule has 45 heavy (non-hydrogen) atoms. The van der Waals surface area contributed by atoms with Crippen molar-refractivity contribution in [3.05, 3.63) is 88.3 Å². The minimum absolute atomic E-state index is 0.0604. The zero-order chi connectivity index (χ0) is 31.5. The Kier molecular flexibility index (Phi) is 9.03. The zero-order valence-electron chi connectivity index (χ0n) is 25.7. The number of nitrogens with one attached hydrogen (secondary N) is 1. The molecule has 2 aromatic carbocycles. The molecular weight excluding hydrogens is 586 g/mol. The number of fused-ring (bicyclic) bond motifs is 2. The molecule has 0 bridgehead atoms. The van der Waals surface area contributed by atoms with Crippen LogP contribution in [0.15, 0.2) is 60.8 Å². The second-order valence-corrected chi connectivity index (χ2v) is 12.4. The molecule has 1 amide bonds. The molecule has 2 N–H and O–H groups in total. The molecule has 1 aliphatic carbocycles. The van der Waals surface area contributed by atoms with Crippen molar-refractivity contribution in [1.29, 1.82) is 0 Å². The van der Waals surface area contributed by atoms with Gasteiger partial charge in [-0.15, -0.1) is 0 Å². The summed E-state index contributed by atoms with van der Waals surface area (Å²) >= 11 is 6.15. The van der Waals surface area contributed by atoms with E-state index in [2.05, 4.69) is 32.5 Å². The average Bonchev–Trinajstić information content (AvgIpc) is 3.75. The summed E-state index contributed by atoms with van der Waals surface area (Å²) in [7, 11) is 4.07. The Balaban J connectivity index is 1.07. The SMILES string of the molecule is Cn1c(CCCCCNC(=O)c2ccc3c(C4CCCC4)c(-c4ccc(Cl)cn4)n(C)c3c2)nc2cc(/C=C/C(=O)O)ccc21. The van der Waals surface area contributed by atoms with Gasteiger partial charge in [0, 0.05) is 55.8 Å². The van der Waals surface area contributed by atoms with E-state index in [4.69, 9.17) is 21.7 Å². The molecule has 0 radical (unpaired) electrons. The van der Waals surface area contributed by atoms with E-state index < -0.39 is 5.97 Å². The van der Waals surface area contributed by atoms with E-state index in [1.807, 2.05) is 49.5 Å². The third-order valence-electron chi connectivity index (χ3n) is 9.01. The molecular formula is C36H38ClN5O3. The number of aliphatic carboxylic acids is 1. The quantitative estimate of drug-likeness (QED) is 0.116. The average molecular weight is 624 g/mol. The Bertz CT molecular complexity index is 1900. The van der Waals surface area contributed by atoms with E-state index >= 15 is 0 Å². The molecule has 1 fully saturated rings. The fourth-order valence-electron chi connectivity index (χ4n) is 6.71. The van der Waals surface area contributed by atoms with Gasteiger partial charge in [-0.1, -0.05) is 43.0 Å². The fourth-order valence-corrected chi connectivity index (χ4v) is 6.82. The molecule has 1 aliphatic rings. The number of carboxylic acids is 1. The molecule has 8 nitrogen and oxygen atoms in total. The van der Waals surface area contributed by atoms with E-state index in [1.165, 1.54) is 36.6 Å². The van der Waals surface area contributed by atoms with Crippen LogP contribution in [0.4, 0.5) is 0 Å². The molecule has 5 aromatic rings. The first-order valence-electron chi connectivity index (χ1n) is 15.7. The van der Waals surface area contributed by atoms with Crippen LogP contribution in [0.25, 0.3) is 39.4 Å². The normalized spacial score (nSPS) is 13.8. The second-order valence-electron chi connectivity index (χ2n) is 12.0. The number of benzene rings is 2. The largest absolute Gasteiger partial charge is 0.478 e. The van der Waals surface area contributed by atoms with Crippen LogP contribution < -0.4 is 5.32 Å². The molecule has 3 heterocycles. The maximum absolute atomic E-state index is 13.2. The predicted octanol–water partition coefficient (Wildman–Crippen LogP) is 7.68. The van der Waals surface area contributed by atoms with E-state index in [1.54, 1.807) is 12.3 Å². The lowest BCUT2D eigenvalue weighted by Crippen LogP contribution is -2.24. The minimum Gasteiger partial charge on any atom is -0.478 e. The van der Waals surface area contributed by atoms with Crippen molar-refractivity contribution in [2.75, 3.05) is 6.54 Å². The number of aryl methyl sites for hydroxylation is 3. The Morgan fingerprint density at radius 2 is 1.82 bits per heavy atom. The summed E-state index contributed by atoms with van der Waals surface area (Å²) in [5, 5.41) is 13.8. The van der Waals surface area contributed by atoms with Crippen LogP contribution in [-0.2, 0) is 25.3 Å². The maximum atomic E-state index is 13.2. The highest BCUT2D eigenvalue weighted by Gasteiger charge is 2.27. The number of unbranched alkanes of at least 4 members (excludes halogenated alkanes) is 2. The van der Waals surface area contributed by atoms with Crippen molar-refractivity contribution >= 4 is 51.5 Å². The topological polar surface area (TPSA) is 102 Å². The maximum Gasteiger partial charge on any atom is 0.328 e. The summed E-state index contributed by atoms with van der Waals surface area (Å²) in [6.45, 7) is 0.610. The van der Waals surface area contributed by atoms with E-state index in [-0.39, 0.29) is 5.91 Å². The number of pyridine rings is 1. The number of carboxylic acid groups (broad SMARTS) is 1. The lowest BCUT2D eigenvalue weighted by atomic mass is 9.93. The zero-order valence-corrected chi connectivity index (χ0v) is 26.5. The summed E-state index contributed by atoms with van der Waals surface area (Å²) in [4.78, 5) is 33.4. The van der Waals surface area contributed by atoms with Gasteiger partial charge in [0.25, 0.3) is 5.91 Å². The van der Waals surface area contributed by atoms with Crippen LogP contribution in [0.5, 0.6) is 0 Å². The fraction of sp³-hybridized carbons (Fsp3) is 0.333. The van der Waals surface area contributed by atoms with Gasteiger partial charge >= 0.3 is 5.97 Å². The lowest BCUT2D eigenvalue weighted by Gasteiger charge is -2.13. The summed E-state index contributed by atoms with van der Waals surface area (Å²) in [6.07, 6.45) is 12.9. The second kappa shape index (κ2) is 13.3. The molecule has 0 unspecified atom stereocenters. The van der Waals surface area contributed by atoms with Gasteiger partial charge in [-0.2, -0.15) is 0 Å². The molecule has 0 spiro atoms. The first kappa shape index (κ1) is 30.6. The first-order valence-corrected chi connectivity index (χ1v) is 16.1. The van der Waals surface area contributed by atoms with Gasteiger partial charge in [-0.05, 0) is 85.2 Å². The third kappa shape index (κ3) is 6.52. The molecule has 3 aromatic heterocycles. The van der Waals surface area contributed by atoms with Crippen molar-refractivity contribution < 1.29 is 14.7 Å². The number of amides is 1. The summed E-state index contributed by atoms with van der Waals surface area (Å²) in [5.74, 6) is 0.451. The van der Waals surface area contributed by atoms with E-state index in [9.17, 15) is 9.59 Å². The van der Waals surface area contributed by atoms with Crippen molar-refractivity contribution in [2.45, 2.75) is 57.3 Å². The van der Waals surface area contributed by atoms with Gasteiger partial charge in [0.15, 0.2) is 0 Å². The summed E-state index contributed by atoms with van der Waals surface area (Å²) < 4.78 is 4.28. The summed E-state index contributed by atoms with van der Waals surface area (Å²) in [5.41, 5.74) is 7.75.